The molecule has 4 N–H and O–H groups in total. The maximum Gasteiger partial charge on any atom is 0.270 e. The van der Waals surface area contributed by atoms with E-state index in [9.17, 15) is 9.59 Å². The summed E-state index contributed by atoms with van der Waals surface area (Å²) in [6.45, 7) is 4.76. The molecule has 1 aromatic carbocycles. The Bertz CT molecular complexity index is 663. The summed E-state index contributed by atoms with van der Waals surface area (Å²) in [5.74, 6) is -0.355. The first-order chi connectivity index (χ1) is 10.0. The quantitative estimate of drug-likeness (QED) is 0.725. The lowest BCUT2D eigenvalue weighted by atomic mass is 10.2. The number of fused-ring (bicyclic) bond motifs is 1. The fourth-order valence-corrected chi connectivity index (χ4v) is 2.19. The summed E-state index contributed by atoms with van der Waals surface area (Å²) in [5.41, 5.74) is 7.69. The summed E-state index contributed by atoms with van der Waals surface area (Å²) in [7, 11) is 0. The van der Waals surface area contributed by atoms with Gasteiger partial charge in [-0.2, -0.15) is 0 Å². The minimum Gasteiger partial charge on any atom is -0.399 e. The number of nitrogen functional groups attached to an aromatic ring is 1. The van der Waals surface area contributed by atoms with E-state index in [1.165, 1.54) is 4.90 Å². The molecule has 2 amide bonds. The van der Waals surface area contributed by atoms with Crippen LogP contribution < -0.4 is 11.1 Å². The van der Waals surface area contributed by atoms with Gasteiger partial charge in [-0.15, -0.1) is 0 Å². The zero-order valence-electron chi connectivity index (χ0n) is 12.3. The number of carbonyl (C=O) groups is 2. The van der Waals surface area contributed by atoms with Crippen molar-refractivity contribution in [2.24, 2.45) is 0 Å². The molecule has 112 valence electrons. The van der Waals surface area contributed by atoms with Gasteiger partial charge in [0.05, 0.1) is 6.54 Å². The van der Waals surface area contributed by atoms with Crippen LogP contribution in [-0.4, -0.2) is 41.3 Å². The van der Waals surface area contributed by atoms with Crippen molar-refractivity contribution in [3.05, 3.63) is 30.0 Å². The van der Waals surface area contributed by atoms with Crippen LogP contribution in [0.3, 0.4) is 0 Å². The highest BCUT2D eigenvalue weighted by Gasteiger charge is 2.18. The van der Waals surface area contributed by atoms with Crippen molar-refractivity contribution in [2.45, 2.75) is 13.8 Å². The predicted molar refractivity (Wildman–Crippen MR) is 83.0 cm³/mol. The molecule has 0 saturated carbocycles. The van der Waals surface area contributed by atoms with Gasteiger partial charge in [-0.05, 0) is 38.1 Å². The Labute approximate surface area is 123 Å². The molecule has 0 fully saturated rings. The number of rotatable bonds is 5. The summed E-state index contributed by atoms with van der Waals surface area (Å²) in [6.07, 6.45) is 0. The van der Waals surface area contributed by atoms with Crippen molar-refractivity contribution in [3.63, 3.8) is 0 Å². The van der Waals surface area contributed by atoms with Crippen LogP contribution in [0, 0.1) is 0 Å². The van der Waals surface area contributed by atoms with Gasteiger partial charge in [0.15, 0.2) is 0 Å². The fourth-order valence-electron chi connectivity index (χ4n) is 2.19. The molecule has 6 nitrogen and oxygen atoms in total. The van der Waals surface area contributed by atoms with Crippen LogP contribution in [-0.2, 0) is 4.79 Å². The number of amides is 2. The van der Waals surface area contributed by atoms with Crippen LogP contribution >= 0.6 is 0 Å². The van der Waals surface area contributed by atoms with E-state index in [1.54, 1.807) is 12.1 Å². The Balaban J connectivity index is 2.20. The summed E-state index contributed by atoms with van der Waals surface area (Å²) in [5, 5.41) is 3.57. The van der Waals surface area contributed by atoms with Crippen molar-refractivity contribution >= 4 is 28.4 Å². The maximum absolute atomic E-state index is 12.5. The van der Waals surface area contributed by atoms with Crippen LogP contribution in [0.25, 0.3) is 10.9 Å². The topological polar surface area (TPSA) is 91.2 Å². The van der Waals surface area contributed by atoms with E-state index in [4.69, 9.17) is 5.73 Å². The summed E-state index contributed by atoms with van der Waals surface area (Å²) >= 11 is 0. The van der Waals surface area contributed by atoms with Crippen LogP contribution in [0.4, 0.5) is 5.69 Å². The van der Waals surface area contributed by atoms with Crippen molar-refractivity contribution in [3.8, 4) is 0 Å². The molecule has 0 spiro atoms. The van der Waals surface area contributed by atoms with Gasteiger partial charge in [0.1, 0.15) is 5.69 Å². The van der Waals surface area contributed by atoms with Gasteiger partial charge in [-0.25, -0.2) is 0 Å². The number of hydrogen-bond donors (Lipinski definition) is 3. The maximum atomic E-state index is 12.5. The minimum absolute atomic E-state index is 0.0562. The second-order valence-corrected chi connectivity index (χ2v) is 4.80. The van der Waals surface area contributed by atoms with Crippen molar-refractivity contribution in [1.82, 2.24) is 15.2 Å². The van der Waals surface area contributed by atoms with E-state index in [0.29, 0.717) is 24.5 Å². The number of aromatic amines is 1. The standard InChI is InChI=1S/C15H20N4O2/c1-3-17-14(20)9-19(4-2)15(21)13-8-10-7-11(16)5-6-12(10)18-13/h5-8,18H,3-4,9,16H2,1-2H3,(H,17,20). The van der Waals surface area contributed by atoms with Crippen LogP contribution in [0.1, 0.15) is 24.3 Å². The number of nitrogens with one attached hydrogen (secondary N) is 2. The van der Waals surface area contributed by atoms with Gasteiger partial charge in [-0.3, -0.25) is 9.59 Å². The molecule has 0 saturated heterocycles. The van der Waals surface area contributed by atoms with Crippen LogP contribution in [0.15, 0.2) is 24.3 Å². The number of nitrogens with two attached hydrogens (primary N) is 1. The number of anilines is 1. The summed E-state index contributed by atoms with van der Waals surface area (Å²) < 4.78 is 0. The Hall–Kier alpha value is -2.50. The van der Waals surface area contributed by atoms with Gasteiger partial charge in [-0.1, -0.05) is 0 Å². The second-order valence-electron chi connectivity index (χ2n) is 4.80. The molecule has 0 bridgehead atoms. The van der Waals surface area contributed by atoms with Crippen LogP contribution in [0.5, 0.6) is 0 Å². The van der Waals surface area contributed by atoms with E-state index in [1.807, 2.05) is 26.0 Å². The number of benzene rings is 1. The highest BCUT2D eigenvalue weighted by Crippen LogP contribution is 2.19. The highest BCUT2D eigenvalue weighted by atomic mass is 16.2. The minimum atomic E-state index is -0.196. The summed E-state index contributed by atoms with van der Waals surface area (Å²) in [4.78, 5) is 28.7. The number of aromatic nitrogens is 1. The molecule has 0 radical (unpaired) electrons. The van der Waals surface area contributed by atoms with Gasteiger partial charge < -0.3 is 20.9 Å². The molecule has 0 aliphatic rings. The Morgan fingerprint density at radius 1 is 1.29 bits per heavy atom. The Kier molecular flexibility index (Phi) is 4.47. The molecule has 0 aliphatic heterocycles. The number of H-pyrrole nitrogens is 1. The first-order valence-electron chi connectivity index (χ1n) is 6.99. The van der Waals surface area contributed by atoms with E-state index >= 15 is 0 Å². The average molecular weight is 288 g/mol. The van der Waals surface area contributed by atoms with Crippen molar-refractivity contribution in [1.29, 1.82) is 0 Å². The molecule has 21 heavy (non-hydrogen) atoms. The third-order valence-corrected chi connectivity index (χ3v) is 3.25. The highest BCUT2D eigenvalue weighted by molar-refractivity contribution is 6.00. The number of hydrogen-bond acceptors (Lipinski definition) is 3. The fraction of sp³-hybridized carbons (Fsp3) is 0.333. The predicted octanol–water partition coefficient (Wildman–Crippen LogP) is 1.35. The third kappa shape index (κ3) is 3.34. The van der Waals surface area contributed by atoms with E-state index in [0.717, 1.165) is 10.9 Å². The molecule has 1 aromatic heterocycles. The van der Waals surface area contributed by atoms with E-state index < -0.39 is 0 Å². The SMILES string of the molecule is CCNC(=O)CN(CC)C(=O)c1cc2cc(N)ccc2[nH]1. The zero-order chi connectivity index (χ0) is 15.4. The number of carbonyl (C=O) groups excluding carboxylic acids is 2. The van der Waals surface area contributed by atoms with Gasteiger partial charge in [0.25, 0.3) is 5.91 Å². The lowest BCUT2D eigenvalue weighted by Crippen LogP contribution is -2.40. The second kappa shape index (κ2) is 6.30. The van der Waals surface area contributed by atoms with Crippen LogP contribution in [0.2, 0.25) is 0 Å². The molecule has 0 unspecified atom stereocenters. The van der Waals surface area contributed by atoms with E-state index in [2.05, 4.69) is 10.3 Å². The molecule has 1 heterocycles. The lowest BCUT2D eigenvalue weighted by molar-refractivity contribution is -0.121. The Morgan fingerprint density at radius 3 is 2.71 bits per heavy atom. The molecule has 0 atom stereocenters. The molecule has 2 aromatic rings. The monoisotopic (exact) mass is 288 g/mol. The average Bonchev–Trinajstić information content (AvgIpc) is 2.87. The van der Waals surface area contributed by atoms with Crippen molar-refractivity contribution in [2.75, 3.05) is 25.4 Å². The molecule has 2 rings (SSSR count). The van der Waals surface area contributed by atoms with Gasteiger partial charge in [0.2, 0.25) is 5.91 Å². The van der Waals surface area contributed by atoms with Gasteiger partial charge in [0, 0.05) is 29.7 Å². The normalized spacial score (nSPS) is 10.6. The summed E-state index contributed by atoms with van der Waals surface area (Å²) in [6, 6.07) is 7.18. The largest absolute Gasteiger partial charge is 0.399 e. The molecular weight excluding hydrogens is 268 g/mol. The zero-order valence-corrected chi connectivity index (χ0v) is 12.3. The molecule has 0 aliphatic carbocycles. The Morgan fingerprint density at radius 2 is 2.05 bits per heavy atom. The first kappa shape index (κ1) is 14.9. The smallest absolute Gasteiger partial charge is 0.270 e. The number of nitrogens with zero attached hydrogens (tertiary/aromatic N) is 1. The number of likely N-dealkylation sites (N-methyl/N-ethyl adjacent to an activating group) is 2. The van der Waals surface area contributed by atoms with Gasteiger partial charge >= 0.3 is 0 Å². The third-order valence-electron chi connectivity index (χ3n) is 3.25. The molecular formula is C15H20N4O2. The lowest BCUT2D eigenvalue weighted by Gasteiger charge is -2.19. The molecule has 6 heteroatoms. The van der Waals surface area contributed by atoms with Crippen molar-refractivity contribution < 1.29 is 9.59 Å². The van der Waals surface area contributed by atoms with E-state index in [-0.39, 0.29) is 18.4 Å². The first-order valence-corrected chi connectivity index (χ1v) is 6.99.